The second-order valence-corrected chi connectivity index (χ2v) is 7.07. The number of hydrogen-bond donors (Lipinski definition) is 2. The van der Waals surface area contributed by atoms with Crippen LogP contribution in [0.4, 0.5) is 8.78 Å². The van der Waals surface area contributed by atoms with Gasteiger partial charge in [-0.25, -0.2) is 17.2 Å². The fourth-order valence-electron chi connectivity index (χ4n) is 2.45. The zero-order valence-electron chi connectivity index (χ0n) is 10.3. The summed E-state index contributed by atoms with van der Waals surface area (Å²) in [6, 6.07) is 3.19. The van der Waals surface area contributed by atoms with Crippen LogP contribution in [0.15, 0.2) is 18.2 Å². The number of hydrogen-bond acceptors (Lipinski definition) is 4. The van der Waals surface area contributed by atoms with Crippen molar-refractivity contribution >= 4 is 9.84 Å². The van der Waals surface area contributed by atoms with E-state index in [0.29, 0.717) is 6.42 Å². The van der Waals surface area contributed by atoms with Crippen molar-refractivity contribution in [3.8, 4) is 0 Å². The van der Waals surface area contributed by atoms with E-state index >= 15 is 0 Å². The zero-order chi connectivity index (χ0) is 14.0. The molecule has 0 amide bonds. The van der Waals surface area contributed by atoms with E-state index in [1.807, 2.05) is 0 Å². The van der Waals surface area contributed by atoms with E-state index in [-0.39, 0.29) is 29.4 Å². The molecule has 1 aromatic rings. The largest absolute Gasteiger partial charge is 0.271 e. The summed E-state index contributed by atoms with van der Waals surface area (Å²) in [5.74, 6) is 4.03. The van der Waals surface area contributed by atoms with Crippen LogP contribution in [0.25, 0.3) is 0 Å². The molecule has 1 saturated heterocycles. The van der Waals surface area contributed by atoms with Crippen molar-refractivity contribution in [1.29, 1.82) is 0 Å². The molecule has 1 heterocycles. The van der Waals surface area contributed by atoms with E-state index in [4.69, 9.17) is 5.84 Å². The van der Waals surface area contributed by atoms with Crippen LogP contribution in [0.2, 0.25) is 0 Å². The summed E-state index contributed by atoms with van der Waals surface area (Å²) >= 11 is 0. The lowest BCUT2D eigenvalue weighted by Gasteiger charge is -2.22. The minimum atomic E-state index is -3.05. The molecule has 1 aliphatic rings. The maximum Gasteiger partial charge on any atom is 0.150 e. The molecule has 7 heteroatoms. The molecule has 106 valence electrons. The molecular formula is C12H16F2N2O2S. The van der Waals surface area contributed by atoms with Gasteiger partial charge in [0, 0.05) is 11.6 Å². The number of nitrogens with two attached hydrogens (primary N) is 1. The SMILES string of the molecule is NNC(Cc1c(F)cccc1F)C1CCS(=O)(=O)C1. The third kappa shape index (κ3) is 3.29. The molecule has 1 fully saturated rings. The highest BCUT2D eigenvalue weighted by molar-refractivity contribution is 7.91. The van der Waals surface area contributed by atoms with Crippen LogP contribution in [0.5, 0.6) is 0 Å². The van der Waals surface area contributed by atoms with Gasteiger partial charge in [0.1, 0.15) is 11.6 Å². The van der Waals surface area contributed by atoms with E-state index in [1.54, 1.807) is 0 Å². The molecule has 2 rings (SSSR count). The van der Waals surface area contributed by atoms with Crippen LogP contribution in [0.3, 0.4) is 0 Å². The van der Waals surface area contributed by atoms with Crippen molar-refractivity contribution < 1.29 is 17.2 Å². The molecule has 2 atom stereocenters. The van der Waals surface area contributed by atoms with Gasteiger partial charge in [0.25, 0.3) is 0 Å². The normalized spacial score (nSPS) is 23.4. The lowest BCUT2D eigenvalue weighted by atomic mass is 9.93. The fourth-order valence-corrected chi connectivity index (χ4v) is 4.33. The summed E-state index contributed by atoms with van der Waals surface area (Å²) in [7, 11) is -3.05. The number of sulfone groups is 1. The molecule has 1 aliphatic heterocycles. The number of rotatable bonds is 4. The Bertz CT molecular complexity index is 543. The molecule has 19 heavy (non-hydrogen) atoms. The summed E-state index contributed by atoms with van der Waals surface area (Å²) in [5.41, 5.74) is 2.43. The van der Waals surface area contributed by atoms with Crippen molar-refractivity contribution in [2.24, 2.45) is 11.8 Å². The highest BCUT2D eigenvalue weighted by Crippen LogP contribution is 2.25. The first-order valence-electron chi connectivity index (χ1n) is 6.02. The lowest BCUT2D eigenvalue weighted by molar-refractivity contribution is 0.375. The van der Waals surface area contributed by atoms with Crippen molar-refractivity contribution in [3.63, 3.8) is 0 Å². The summed E-state index contributed by atoms with van der Waals surface area (Å²) in [4.78, 5) is 0. The molecule has 3 N–H and O–H groups in total. The van der Waals surface area contributed by atoms with E-state index in [0.717, 1.165) is 0 Å². The summed E-state index contributed by atoms with van der Waals surface area (Å²) in [6.07, 6.45) is 0.502. The molecule has 1 aromatic carbocycles. The number of hydrazine groups is 1. The van der Waals surface area contributed by atoms with Crippen molar-refractivity contribution in [1.82, 2.24) is 5.43 Å². The molecule has 2 unspecified atom stereocenters. The van der Waals surface area contributed by atoms with Crippen LogP contribution in [0.1, 0.15) is 12.0 Å². The van der Waals surface area contributed by atoms with Gasteiger partial charge in [0.05, 0.1) is 11.5 Å². The Morgan fingerprint density at radius 2 is 2.00 bits per heavy atom. The van der Waals surface area contributed by atoms with Gasteiger partial charge < -0.3 is 0 Å². The van der Waals surface area contributed by atoms with Crippen molar-refractivity contribution in [3.05, 3.63) is 35.4 Å². The van der Waals surface area contributed by atoms with Crippen LogP contribution in [-0.4, -0.2) is 26.0 Å². The fraction of sp³-hybridized carbons (Fsp3) is 0.500. The average Bonchev–Trinajstić information content (AvgIpc) is 2.69. The molecule has 0 radical (unpaired) electrons. The number of benzene rings is 1. The second kappa shape index (κ2) is 5.52. The molecule has 0 bridgehead atoms. The number of halogens is 2. The molecule has 4 nitrogen and oxygen atoms in total. The van der Waals surface area contributed by atoms with Gasteiger partial charge in [0.2, 0.25) is 0 Å². The third-order valence-corrected chi connectivity index (χ3v) is 5.33. The minimum Gasteiger partial charge on any atom is -0.271 e. The van der Waals surface area contributed by atoms with Gasteiger partial charge in [-0.3, -0.25) is 11.3 Å². The van der Waals surface area contributed by atoms with Crippen LogP contribution < -0.4 is 11.3 Å². The second-order valence-electron chi connectivity index (χ2n) is 4.84. The van der Waals surface area contributed by atoms with Gasteiger partial charge >= 0.3 is 0 Å². The van der Waals surface area contributed by atoms with E-state index in [2.05, 4.69) is 5.43 Å². The van der Waals surface area contributed by atoms with Gasteiger partial charge in [-0.05, 0) is 30.9 Å². The van der Waals surface area contributed by atoms with Crippen LogP contribution in [-0.2, 0) is 16.3 Å². The smallest absolute Gasteiger partial charge is 0.150 e. The molecule has 0 aromatic heterocycles. The van der Waals surface area contributed by atoms with E-state index in [9.17, 15) is 17.2 Å². The van der Waals surface area contributed by atoms with Gasteiger partial charge in [-0.2, -0.15) is 0 Å². The van der Waals surface area contributed by atoms with Gasteiger partial charge in [-0.1, -0.05) is 6.07 Å². The molecular weight excluding hydrogens is 274 g/mol. The Hall–Kier alpha value is -1.05. The molecule has 0 spiro atoms. The van der Waals surface area contributed by atoms with E-state index in [1.165, 1.54) is 18.2 Å². The van der Waals surface area contributed by atoms with Gasteiger partial charge in [-0.15, -0.1) is 0 Å². The maximum absolute atomic E-state index is 13.6. The van der Waals surface area contributed by atoms with Crippen LogP contribution >= 0.6 is 0 Å². The Kier molecular flexibility index (Phi) is 4.17. The van der Waals surface area contributed by atoms with E-state index < -0.39 is 27.5 Å². The highest BCUT2D eigenvalue weighted by atomic mass is 32.2. The standard InChI is InChI=1S/C12H16F2N2O2S/c13-10-2-1-3-11(14)9(10)6-12(16-15)8-4-5-19(17,18)7-8/h1-3,8,12,16H,4-7,15H2. The van der Waals surface area contributed by atoms with Crippen LogP contribution in [0, 0.1) is 17.6 Å². The van der Waals surface area contributed by atoms with Gasteiger partial charge in [0.15, 0.2) is 9.84 Å². The summed E-state index contributed by atoms with van der Waals surface area (Å²) in [6.45, 7) is 0. The van der Waals surface area contributed by atoms with Crippen molar-refractivity contribution in [2.75, 3.05) is 11.5 Å². The Morgan fingerprint density at radius 1 is 1.37 bits per heavy atom. The Morgan fingerprint density at radius 3 is 2.47 bits per heavy atom. The minimum absolute atomic E-state index is 0.0118. The summed E-state index contributed by atoms with van der Waals surface area (Å²) < 4.78 is 50.0. The quantitative estimate of drug-likeness (QED) is 0.635. The Labute approximate surface area is 110 Å². The average molecular weight is 290 g/mol. The first-order valence-corrected chi connectivity index (χ1v) is 7.84. The maximum atomic E-state index is 13.6. The predicted octanol–water partition coefficient (Wildman–Crippen LogP) is 0.774. The first kappa shape index (κ1) is 14.4. The Balaban J connectivity index is 2.16. The molecule has 0 aliphatic carbocycles. The lowest BCUT2D eigenvalue weighted by Crippen LogP contribution is -2.43. The van der Waals surface area contributed by atoms with Crippen molar-refractivity contribution in [2.45, 2.75) is 18.9 Å². The summed E-state index contributed by atoms with van der Waals surface area (Å²) in [5, 5.41) is 0. The highest BCUT2D eigenvalue weighted by Gasteiger charge is 2.34. The monoisotopic (exact) mass is 290 g/mol. The molecule has 0 saturated carbocycles. The zero-order valence-corrected chi connectivity index (χ0v) is 11.1. The topological polar surface area (TPSA) is 72.2 Å². The number of nitrogens with one attached hydrogen (secondary N) is 1. The predicted molar refractivity (Wildman–Crippen MR) is 67.9 cm³/mol. The first-order chi connectivity index (χ1) is 8.93. The third-order valence-electron chi connectivity index (χ3n) is 3.54.